The number of nitrogens with zero attached hydrogens (tertiary/aromatic N) is 2. The lowest BCUT2D eigenvalue weighted by atomic mass is 9.91. The molecule has 3 nitrogen and oxygen atoms in total. The maximum Gasteiger partial charge on any atom is 0.141 e. The van der Waals surface area contributed by atoms with Crippen LogP contribution in [0.15, 0.2) is 18.5 Å². The molecule has 4 heteroatoms. The Bertz CT molecular complexity index is 372. The van der Waals surface area contributed by atoms with Gasteiger partial charge in [-0.05, 0) is 31.5 Å². The Hall–Kier alpha value is -1.00. The maximum atomic E-state index is 13.0. The lowest BCUT2D eigenvalue weighted by Gasteiger charge is -2.35. The van der Waals surface area contributed by atoms with E-state index in [9.17, 15) is 9.50 Å². The first-order valence-electron chi connectivity index (χ1n) is 6.14. The van der Waals surface area contributed by atoms with Gasteiger partial charge in [-0.3, -0.25) is 9.88 Å². The minimum Gasteiger partial charge on any atom is -0.391 e. The van der Waals surface area contributed by atoms with Gasteiger partial charge in [0.25, 0.3) is 0 Å². The van der Waals surface area contributed by atoms with Crippen molar-refractivity contribution in [3.63, 3.8) is 0 Å². The van der Waals surface area contributed by atoms with Crippen molar-refractivity contribution in [3.05, 3.63) is 29.8 Å². The lowest BCUT2D eigenvalue weighted by Crippen LogP contribution is -2.42. The molecule has 1 aliphatic rings. The van der Waals surface area contributed by atoms with E-state index in [0.717, 1.165) is 31.2 Å². The van der Waals surface area contributed by atoms with Gasteiger partial charge in [-0.25, -0.2) is 4.39 Å². The van der Waals surface area contributed by atoms with Crippen molar-refractivity contribution in [3.8, 4) is 0 Å². The highest BCUT2D eigenvalue weighted by molar-refractivity contribution is 5.10. The molecular weight excluding hydrogens is 219 g/mol. The standard InChI is InChI=1S/C13H19FN2O/c1-16(12-4-2-3-5-13(12)17)9-10-6-11(14)8-15-7-10/h6-8,12-13,17H,2-5,9H2,1H3. The first-order chi connectivity index (χ1) is 8.16. The fourth-order valence-corrected chi connectivity index (χ4v) is 2.55. The Balaban J connectivity index is 1.98. The van der Waals surface area contributed by atoms with Gasteiger partial charge in [-0.1, -0.05) is 12.8 Å². The Morgan fingerprint density at radius 2 is 2.18 bits per heavy atom. The average molecular weight is 238 g/mol. The summed E-state index contributed by atoms with van der Waals surface area (Å²) in [6.45, 7) is 0.631. The molecule has 1 saturated carbocycles. The molecule has 2 unspecified atom stereocenters. The van der Waals surface area contributed by atoms with E-state index in [-0.39, 0.29) is 18.0 Å². The third kappa shape index (κ3) is 3.23. The highest BCUT2D eigenvalue weighted by Crippen LogP contribution is 2.23. The molecule has 0 spiro atoms. The molecule has 1 aromatic heterocycles. The molecule has 1 fully saturated rings. The van der Waals surface area contributed by atoms with Crippen molar-refractivity contribution in [2.45, 2.75) is 44.4 Å². The molecule has 0 bridgehead atoms. The molecular formula is C13H19FN2O. The number of aliphatic hydroxyl groups is 1. The van der Waals surface area contributed by atoms with E-state index in [1.165, 1.54) is 12.3 Å². The molecule has 0 radical (unpaired) electrons. The second kappa shape index (κ2) is 5.56. The summed E-state index contributed by atoms with van der Waals surface area (Å²) < 4.78 is 13.0. The molecule has 0 amide bonds. The highest BCUT2D eigenvalue weighted by Gasteiger charge is 2.26. The van der Waals surface area contributed by atoms with Crippen molar-refractivity contribution < 1.29 is 9.50 Å². The molecule has 1 heterocycles. The fourth-order valence-electron chi connectivity index (χ4n) is 2.55. The van der Waals surface area contributed by atoms with E-state index in [4.69, 9.17) is 0 Å². The lowest BCUT2D eigenvalue weighted by molar-refractivity contribution is 0.0288. The van der Waals surface area contributed by atoms with Crippen LogP contribution in [-0.2, 0) is 6.54 Å². The third-order valence-electron chi connectivity index (χ3n) is 3.45. The van der Waals surface area contributed by atoms with Gasteiger partial charge in [-0.15, -0.1) is 0 Å². The largest absolute Gasteiger partial charge is 0.391 e. The molecule has 94 valence electrons. The van der Waals surface area contributed by atoms with Gasteiger partial charge in [0.05, 0.1) is 12.3 Å². The number of aromatic nitrogens is 1. The number of pyridine rings is 1. The van der Waals surface area contributed by atoms with Gasteiger partial charge in [-0.2, -0.15) is 0 Å². The Morgan fingerprint density at radius 1 is 1.41 bits per heavy atom. The summed E-state index contributed by atoms with van der Waals surface area (Å²) in [6.07, 6.45) is 6.78. The second-order valence-electron chi connectivity index (χ2n) is 4.85. The van der Waals surface area contributed by atoms with Crippen LogP contribution in [0.1, 0.15) is 31.2 Å². The molecule has 0 saturated heterocycles. The molecule has 0 aromatic carbocycles. The van der Waals surface area contributed by atoms with Crippen LogP contribution < -0.4 is 0 Å². The topological polar surface area (TPSA) is 36.4 Å². The van der Waals surface area contributed by atoms with Gasteiger partial charge in [0.15, 0.2) is 0 Å². The summed E-state index contributed by atoms with van der Waals surface area (Å²) >= 11 is 0. The minimum absolute atomic E-state index is 0.187. The van der Waals surface area contributed by atoms with Crippen molar-refractivity contribution >= 4 is 0 Å². The predicted molar refractivity (Wildman–Crippen MR) is 63.9 cm³/mol. The first kappa shape index (κ1) is 12.5. The predicted octanol–water partition coefficient (Wildman–Crippen LogP) is 1.96. The summed E-state index contributed by atoms with van der Waals surface area (Å²) in [5.74, 6) is -0.305. The van der Waals surface area contributed by atoms with E-state index in [1.807, 2.05) is 7.05 Å². The van der Waals surface area contributed by atoms with E-state index in [2.05, 4.69) is 9.88 Å². The Kier molecular flexibility index (Phi) is 4.07. The van der Waals surface area contributed by atoms with Crippen LogP contribution in [0.2, 0.25) is 0 Å². The van der Waals surface area contributed by atoms with E-state index < -0.39 is 0 Å². The van der Waals surface area contributed by atoms with Gasteiger partial charge in [0.2, 0.25) is 0 Å². The van der Waals surface area contributed by atoms with Crippen LogP contribution >= 0.6 is 0 Å². The zero-order valence-corrected chi connectivity index (χ0v) is 10.1. The first-order valence-corrected chi connectivity index (χ1v) is 6.14. The molecule has 0 aliphatic heterocycles. The summed E-state index contributed by atoms with van der Waals surface area (Å²) in [7, 11) is 1.98. The monoisotopic (exact) mass is 238 g/mol. The van der Waals surface area contributed by atoms with Crippen LogP contribution in [-0.4, -0.2) is 34.2 Å². The van der Waals surface area contributed by atoms with Crippen LogP contribution in [0, 0.1) is 5.82 Å². The fraction of sp³-hybridized carbons (Fsp3) is 0.615. The number of hydrogen-bond donors (Lipinski definition) is 1. The summed E-state index contributed by atoms with van der Waals surface area (Å²) in [4.78, 5) is 5.93. The zero-order chi connectivity index (χ0) is 12.3. The second-order valence-corrected chi connectivity index (χ2v) is 4.85. The van der Waals surface area contributed by atoms with Gasteiger partial charge >= 0.3 is 0 Å². The average Bonchev–Trinajstić information content (AvgIpc) is 2.29. The number of hydrogen-bond acceptors (Lipinski definition) is 3. The quantitative estimate of drug-likeness (QED) is 0.874. The number of rotatable bonds is 3. The molecule has 17 heavy (non-hydrogen) atoms. The van der Waals surface area contributed by atoms with Crippen molar-refractivity contribution in [2.24, 2.45) is 0 Å². The number of likely N-dealkylation sites (N-methyl/N-ethyl adjacent to an activating group) is 1. The van der Waals surface area contributed by atoms with Gasteiger partial charge in [0, 0.05) is 18.8 Å². The van der Waals surface area contributed by atoms with Crippen molar-refractivity contribution in [2.75, 3.05) is 7.05 Å². The summed E-state index contributed by atoms with van der Waals surface area (Å²) in [6, 6.07) is 1.69. The smallest absolute Gasteiger partial charge is 0.141 e. The molecule has 1 aromatic rings. The number of aliphatic hydroxyl groups excluding tert-OH is 1. The molecule has 1 aliphatic carbocycles. The Morgan fingerprint density at radius 3 is 2.88 bits per heavy atom. The van der Waals surface area contributed by atoms with Crippen LogP contribution in [0.3, 0.4) is 0 Å². The number of halogens is 1. The normalized spacial score (nSPS) is 25.2. The Labute approximate surface area is 101 Å². The van der Waals surface area contributed by atoms with Gasteiger partial charge in [0.1, 0.15) is 5.82 Å². The molecule has 2 atom stereocenters. The highest BCUT2D eigenvalue weighted by atomic mass is 19.1. The van der Waals surface area contributed by atoms with Crippen LogP contribution in [0.25, 0.3) is 0 Å². The van der Waals surface area contributed by atoms with E-state index in [1.54, 1.807) is 6.20 Å². The third-order valence-corrected chi connectivity index (χ3v) is 3.45. The minimum atomic E-state index is -0.305. The summed E-state index contributed by atoms with van der Waals surface area (Å²) in [5, 5.41) is 9.94. The van der Waals surface area contributed by atoms with Crippen molar-refractivity contribution in [1.29, 1.82) is 0 Å². The molecule has 1 N–H and O–H groups in total. The zero-order valence-electron chi connectivity index (χ0n) is 10.1. The van der Waals surface area contributed by atoms with Crippen LogP contribution in [0.5, 0.6) is 0 Å². The molecule has 2 rings (SSSR count). The van der Waals surface area contributed by atoms with Crippen LogP contribution in [0.4, 0.5) is 4.39 Å². The van der Waals surface area contributed by atoms with Crippen molar-refractivity contribution in [1.82, 2.24) is 9.88 Å². The van der Waals surface area contributed by atoms with E-state index >= 15 is 0 Å². The van der Waals surface area contributed by atoms with E-state index in [0.29, 0.717) is 6.54 Å². The summed E-state index contributed by atoms with van der Waals surface area (Å²) in [5.41, 5.74) is 0.852. The maximum absolute atomic E-state index is 13.0. The van der Waals surface area contributed by atoms with Gasteiger partial charge < -0.3 is 5.11 Å². The SMILES string of the molecule is CN(Cc1cncc(F)c1)C1CCCCC1O.